The molecule has 2 aromatic rings. The maximum Gasteiger partial charge on any atom is 0.472 e. The molecular formula is C35H48N3O14P. The molecule has 0 radical (unpaired) electrons. The molecule has 0 amide bonds. The molecule has 0 bridgehead atoms. The van der Waals surface area contributed by atoms with Crippen LogP contribution in [0.25, 0.3) is 0 Å². The highest BCUT2D eigenvalue weighted by molar-refractivity contribution is 7.47. The van der Waals surface area contributed by atoms with Gasteiger partial charge in [0.25, 0.3) is 0 Å². The molecule has 2 aromatic carbocycles. The second-order valence-corrected chi connectivity index (χ2v) is 14.4. The predicted octanol–water partition coefficient (Wildman–Crippen LogP) is 2.57. The quantitative estimate of drug-likeness (QED) is 0.0598. The van der Waals surface area contributed by atoms with Gasteiger partial charge in [0.1, 0.15) is 0 Å². The number of phosphoric ester groups is 1. The van der Waals surface area contributed by atoms with Crippen molar-refractivity contribution in [2.45, 2.75) is 75.1 Å². The first kappa shape index (κ1) is 43.2. The standard InChI is InChI=1S/C35H48N3O14P/c1-2-26(15-18-36-32(33(45)46)34(47)48)37(20-29(39)40)19-27(38(21-30(41)42)22-31(43)44)23-51-53(49,50)52-28-13-16-35(17-14-28,24-9-5-3-6-10-24)25-11-7-4-8-12-25/h3-12,26-28,32,36H,2,13-23H2,1H3,(H,39,40)(H,41,42)(H,43,44)(H,45,46)(H,47,48)(H,49,50). The number of benzene rings is 2. The van der Waals surface area contributed by atoms with Gasteiger partial charge in [-0.25, -0.2) is 14.2 Å². The van der Waals surface area contributed by atoms with E-state index in [-0.39, 0.29) is 31.3 Å². The molecule has 292 valence electrons. The topological polar surface area (TPSA) is 261 Å². The van der Waals surface area contributed by atoms with Crippen LogP contribution >= 0.6 is 7.82 Å². The van der Waals surface area contributed by atoms with E-state index in [4.69, 9.17) is 19.3 Å². The van der Waals surface area contributed by atoms with E-state index in [0.717, 1.165) is 16.0 Å². The van der Waals surface area contributed by atoms with Gasteiger partial charge in [0, 0.05) is 24.0 Å². The van der Waals surface area contributed by atoms with E-state index in [9.17, 15) is 48.8 Å². The van der Waals surface area contributed by atoms with E-state index in [1.807, 2.05) is 60.7 Å². The number of rotatable bonds is 24. The van der Waals surface area contributed by atoms with Gasteiger partial charge < -0.3 is 30.4 Å². The van der Waals surface area contributed by atoms with Crippen molar-refractivity contribution in [3.8, 4) is 0 Å². The van der Waals surface area contributed by atoms with Crippen LogP contribution in [0, 0.1) is 0 Å². The Kier molecular flexibility index (Phi) is 16.5. The summed E-state index contributed by atoms with van der Waals surface area (Å²) in [5, 5.41) is 49.6. The lowest BCUT2D eigenvalue weighted by atomic mass is 9.65. The minimum atomic E-state index is -4.84. The molecule has 0 heterocycles. The molecule has 3 unspecified atom stereocenters. The second-order valence-electron chi connectivity index (χ2n) is 13.0. The van der Waals surface area contributed by atoms with E-state index in [1.165, 1.54) is 4.90 Å². The highest BCUT2D eigenvalue weighted by atomic mass is 31.2. The van der Waals surface area contributed by atoms with E-state index in [0.29, 0.717) is 25.7 Å². The minimum absolute atomic E-state index is 0.0447. The van der Waals surface area contributed by atoms with Crippen LogP contribution in [0.5, 0.6) is 0 Å². The summed E-state index contributed by atoms with van der Waals surface area (Å²) >= 11 is 0. The van der Waals surface area contributed by atoms with Crippen LogP contribution in [0.15, 0.2) is 60.7 Å². The third kappa shape index (κ3) is 13.3. The number of phosphoric acid groups is 1. The van der Waals surface area contributed by atoms with Crippen molar-refractivity contribution in [1.29, 1.82) is 0 Å². The maximum atomic E-state index is 13.4. The Morgan fingerprint density at radius 2 is 1.26 bits per heavy atom. The van der Waals surface area contributed by atoms with Crippen LogP contribution in [-0.2, 0) is 43.0 Å². The van der Waals surface area contributed by atoms with Crippen molar-refractivity contribution in [3.05, 3.63) is 71.8 Å². The largest absolute Gasteiger partial charge is 0.480 e. The van der Waals surface area contributed by atoms with Gasteiger partial charge in [-0.15, -0.1) is 0 Å². The predicted molar refractivity (Wildman–Crippen MR) is 188 cm³/mol. The molecule has 0 aromatic heterocycles. The van der Waals surface area contributed by atoms with Crippen LogP contribution in [0.4, 0.5) is 0 Å². The Morgan fingerprint density at radius 1 is 0.792 bits per heavy atom. The Balaban J connectivity index is 1.79. The molecule has 1 aliphatic carbocycles. The van der Waals surface area contributed by atoms with Crippen LogP contribution in [0.2, 0.25) is 0 Å². The molecule has 53 heavy (non-hydrogen) atoms. The third-order valence-corrected chi connectivity index (χ3v) is 10.5. The third-order valence-electron chi connectivity index (χ3n) is 9.44. The molecule has 0 aliphatic heterocycles. The molecule has 18 heteroatoms. The van der Waals surface area contributed by atoms with Gasteiger partial charge in [0.05, 0.1) is 32.3 Å². The van der Waals surface area contributed by atoms with Gasteiger partial charge in [-0.1, -0.05) is 67.6 Å². The first-order chi connectivity index (χ1) is 25.1. The van der Waals surface area contributed by atoms with Crippen LogP contribution < -0.4 is 5.32 Å². The molecule has 1 fully saturated rings. The van der Waals surface area contributed by atoms with Gasteiger partial charge in [-0.3, -0.25) is 38.5 Å². The maximum absolute atomic E-state index is 13.4. The fourth-order valence-electron chi connectivity index (χ4n) is 6.89. The summed E-state index contributed by atoms with van der Waals surface area (Å²) in [6.45, 7) is -1.85. The van der Waals surface area contributed by atoms with E-state index < -0.39 is 88.1 Å². The number of hydrogen-bond donors (Lipinski definition) is 7. The normalized spacial score (nSPS) is 16.9. The summed E-state index contributed by atoms with van der Waals surface area (Å²) in [6.07, 6.45) is 1.61. The van der Waals surface area contributed by atoms with E-state index in [2.05, 4.69) is 5.32 Å². The number of carboxylic acids is 5. The minimum Gasteiger partial charge on any atom is -0.480 e. The zero-order chi connectivity index (χ0) is 39.2. The van der Waals surface area contributed by atoms with Crippen molar-refractivity contribution in [2.24, 2.45) is 0 Å². The van der Waals surface area contributed by atoms with Gasteiger partial charge in [0.2, 0.25) is 6.04 Å². The lowest BCUT2D eigenvalue weighted by molar-refractivity contribution is -0.151. The smallest absolute Gasteiger partial charge is 0.472 e. The molecule has 0 spiro atoms. The molecule has 17 nitrogen and oxygen atoms in total. The zero-order valence-corrected chi connectivity index (χ0v) is 30.3. The lowest BCUT2D eigenvalue weighted by Crippen LogP contribution is -2.53. The number of aliphatic carboxylic acids is 5. The number of carboxylic acid groups (broad SMARTS) is 5. The number of nitrogens with zero attached hydrogens (tertiary/aromatic N) is 2. The average Bonchev–Trinajstić information content (AvgIpc) is 3.09. The molecule has 1 aliphatic rings. The van der Waals surface area contributed by atoms with Crippen LogP contribution in [0.1, 0.15) is 56.6 Å². The first-order valence-corrected chi connectivity index (χ1v) is 18.7. The van der Waals surface area contributed by atoms with Gasteiger partial charge in [0.15, 0.2) is 0 Å². The van der Waals surface area contributed by atoms with Crippen molar-refractivity contribution in [2.75, 3.05) is 39.3 Å². The molecule has 0 saturated heterocycles. The summed E-state index contributed by atoms with van der Waals surface area (Å²) in [7, 11) is -4.84. The number of hydrogen-bond acceptors (Lipinski definition) is 11. The zero-order valence-electron chi connectivity index (χ0n) is 29.4. The van der Waals surface area contributed by atoms with E-state index >= 15 is 0 Å². The number of nitrogens with one attached hydrogen (secondary N) is 1. The highest BCUT2D eigenvalue weighted by Crippen LogP contribution is 2.51. The summed E-state index contributed by atoms with van der Waals surface area (Å²) in [5.74, 6) is -7.39. The lowest BCUT2D eigenvalue weighted by Gasteiger charge is -2.41. The Bertz CT molecular complexity index is 1500. The van der Waals surface area contributed by atoms with Crippen molar-refractivity contribution in [1.82, 2.24) is 15.1 Å². The van der Waals surface area contributed by atoms with Crippen molar-refractivity contribution in [3.63, 3.8) is 0 Å². The molecule has 7 N–H and O–H groups in total. The summed E-state index contributed by atoms with van der Waals surface area (Å²) in [4.78, 5) is 71.2. The SMILES string of the molecule is CCC(CCNC(C(=O)O)C(=O)O)N(CC(=O)O)CC(COP(=O)(O)OC1CCC(c2ccccc2)(c2ccccc2)CC1)N(CC(=O)O)CC(=O)O. The van der Waals surface area contributed by atoms with E-state index in [1.54, 1.807) is 6.92 Å². The fourth-order valence-corrected chi connectivity index (χ4v) is 7.90. The van der Waals surface area contributed by atoms with Gasteiger partial charge in [-0.05, 0) is 56.2 Å². The highest BCUT2D eigenvalue weighted by Gasteiger charge is 2.41. The average molecular weight is 766 g/mol. The van der Waals surface area contributed by atoms with Gasteiger partial charge in [-0.2, -0.15) is 0 Å². The molecule has 3 rings (SSSR count). The Morgan fingerprint density at radius 3 is 1.70 bits per heavy atom. The summed E-state index contributed by atoms with van der Waals surface area (Å²) < 4.78 is 24.4. The summed E-state index contributed by atoms with van der Waals surface area (Å²) in [5.41, 5.74) is 1.84. The second kappa shape index (κ2) is 20.3. The summed E-state index contributed by atoms with van der Waals surface area (Å²) in [6, 6.07) is 16.0. The Labute approximate surface area is 306 Å². The van der Waals surface area contributed by atoms with Gasteiger partial charge >= 0.3 is 37.7 Å². The van der Waals surface area contributed by atoms with Crippen LogP contribution in [0.3, 0.4) is 0 Å². The number of carbonyl (C=O) groups is 5. The fraction of sp³-hybridized carbons (Fsp3) is 0.514. The van der Waals surface area contributed by atoms with Crippen LogP contribution in [-0.4, -0.2) is 134 Å². The monoisotopic (exact) mass is 765 g/mol. The van der Waals surface area contributed by atoms with Crippen molar-refractivity contribution < 1.29 is 68.0 Å². The van der Waals surface area contributed by atoms with Crippen molar-refractivity contribution >= 4 is 37.7 Å². The molecule has 1 saturated carbocycles. The Hall–Kier alpha value is -4.22. The first-order valence-electron chi connectivity index (χ1n) is 17.2. The molecule has 3 atom stereocenters. The molecular weight excluding hydrogens is 717 g/mol.